The number of benzene rings is 3. The molecule has 0 saturated carbocycles. The molecule has 116 valence electrons. The molecule has 0 aliphatic carbocycles. The number of aryl methyl sites for hydroxylation is 1. The van der Waals surface area contributed by atoms with Crippen LogP contribution in [0.5, 0.6) is 28.7 Å². The van der Waals surface area contributed by atoms with Gasteiger partial charge in [-0.15, -0.1) is 0 Å². The van der Waals surface area contributed by atoms with Crippen LogP contribution in [0.15, 0.2) is 72.8 Å². The van der Waals surface area contributed by atoms with Crippen LogP contribution < -0.4 is 14.2 Å². The van der Waals surface area contributed by atoms with E-state index >= 15 is 0 Å². The first-order valence-corrected chi connectivity index (χ1v) is 7.39. The SMILES string of the molecule is COc1ccc(Oc2ccc(Oc3ccc(C)cc3)cc2)cc1. The Bertz CT molecular complexity index is 744. The van der Waals surface area contributed by atoms with Gasteiger partial charge in [0.1, 0.15) is 28.7 Å². The van der Waals surface area contributed by atoms with Crippen molar-refractivity contribution in [2.24, 2.45) is 0 Å². The lowest BCUT2D eigenvalue weighted by Gasteiger charge is -2.09. The van der Waals surface area contributed by atoms with Crippen molar-refractivity contribution < 1.29 is 14.2 Å². The summed E-state index contributed by atoms with van der Waals surface area (Å²) >= 11 is 0. The van der Waals surface area contributed by atoms with E-state index in [0.717, 1.165) is 28.7 Å². The van der Waals surface area contributed by atoms with Gasteiger partial charge in [0, 0.05) is 0 Å². The first kappa shape index (κ1) is 15.0. The van der Waals surface area contributed by atoms with Crippen LogP contribution in [0.4, 0.5) is 0 Å². The molecule has 0 radical (unpaired) electrons. The predicted molar refractivity (Wildman–Crippen MR) is 90.8 cm³/mol. The van der Waals surface area contributed by atoms with Crippen molar-refractivity contribution in [3.63, 3.8) is 0 Å². The minimum atomic E-state index is 0.756. The van der Waals surface area contributed by atoms with E-state index in [-0.39, 0.29) is 0 Å². The quantitative estimate of drug-likeness (QED) is 0.615. The van der Waals surface area contributed by atoms with Gasteiger partial charge >= 0.3 is 0 Å². The van der Waals surface area contributed by atoms with E-state index in [9.17, 15) is 0 Å². The topological polar surface area (TPSA) is 27.7 Å². The Kier molecular flexibility index (Phi) is 4.48. The number of rotatable bonds is 5. The van der Waals surface area contributed by atoms with Gasteiger partial charge in [-0.2, -0.15) is 0 Å². The molecule has 0 amide bonds. The molecule has 0 N–H and O–H groups in total. The van der Waals surface area contributed by atoms with Crippen molar-refractivity contribution >= 4 is 0 Å². The van der Waals surface area contributed by atoms with E-state index in [2.05, 4.69) is 6.92 Å². The molecule has 0 aliphatic heterocycles. The van der Waals surface area contributed by atoms with Crippen LogP contribution in [0, 0.1) is 6.92 Å². The molecule has 3 rings (SSSR count). The maximum atomic E-state index is 5.80. The Morgan fingerprint density at radius 2 is 0.783 bits per heavy atom. The third-order valence-electron chi connectivity index (χ3n) is 3.38. The zero-order chi connectivity index (χ0) is 16.1. The zero-order valence-corrected chi connectivity index (χ0v) is 13.2. The number of hydrogen-bond acceptors (Lipinski definition) is 3. The summed E-state index contributed by atoms with van der Waals surface area (Å²) in [6.07, 6.45) is 0. The highest BCUT2D eigenvalue weighted by molar-refractivity contribution is 5.39. The van der Waals surface area contributed by atoms with E-state index in [1.54, 1.807) is 7.11 Å². The summed E-state index contributed by atoms with van der Waals surface area (Å²) in [6, 6.07) is 23.0. The Morgan fingerprint density at radius 3 is 1.13 bits per heavy atom. The fourth-order valence-corrected chi connectivity index (χ4v) is 2.10. The fraction of sp³-hybridized carbons (Fsp3) is 0.100. The summed E-state index contributed by atoms with van der Waals surface area (Å²) in [5, 5.41) is 0. The summed E-state index contributed by atoms with van der Waals surface area (Å²) < 4.78 is 16.7. The molecule has 0 spiro atoms. The van der Waals surface area contributed by atoms with Gasteiger partial charge in [-0.1, -0.05) is 17.7 Å². The van der Waals surface area contributed by atoms with Crippen molar-refractivity contribution in [3.8, 4) is 28.7 Å². The summed E-state index contributed by atoms with van der Waals surface area (Å²) in [5.41, 5.74) is 1.21. The molecule has 0 heterocycles. The van der Waals surface area contributed by atoms with Gasteiger partial charge in [-0.25, -0.2) is 0 Å². The van der Waals surface area contributed by atoms with E-state index in [1.807, 2.05) is 72.8 Å². The molecule has 0 aromatic heterocycles. The molecule has 0 aliphatic rings. The van der Waals surface area contributed by atoms with Gasteiger partial charge in [0.15, 0.2) is 0 Å². The third-order valence-corrected chi connectivity index (χ3v) is 3.38. The molecule has 3 aromatic rings. The van der Waals surface area contributed by atoms with Crippen LogP contribution in [0.1, 0.15) is 5.56 Å². The summed E-state index contributed by atoms with van der Waals surface area (Å²) in [4.78, 5) is 0. The molecule has 0 atom stereocenters. The smallest absolute Gasteiger partial charge is 0.127 e. The summed E-state index contributed by atoms with van der Waals surface area (Å²) in [6.45, 7) is 2.05. The largest absolute Gasteiger partial charge is 0.497 e. The first-order chi connectivity index (χ1) is 11.2. The van der Waals surface area contributed by atoms with Crippen molar-refractivity contribution in [1.29, 1.82) is 0 Å². The lowest BCUT2D eigenvalue weighted by Crippen LogP contribution is -1.87. The zero-order valence-electron chi connectivity index (χ0n) is 13.2. The second kappa shape index (κ2) is 6.88. The van der Waals surface area contributed by atoms with Crippen molar-refractivity contribution in [1.82, 2.24) is 0 Å². The number of ether oxygens (including phenoxy) is 3. The molecular weight excluding hydrogens is 288 g/mol. The lowest BCUT2D eigenvalue weighted by molar-refractivity contribution is 0.413. The maximum Gasteiger partial charge on any atom is 0.127 e. The number of methoxy groups -OCH3 is 1. The average molecular weight is 306 g/mol. The Labute approximate surface area is 136 Å². The van der Waals surface area contributed by atoms with Gasteiger partial charge in [-0.3, -0.25) is 0 Å². The third kappa shape index (κ3) is 4.04. The van der Waals surface area contributed by atoms with Crippen LogP contribution in [-0.4, -0.2) is 7.11 Å². The number of hydrogen-bond donors (Lipinski definition) is 0. The van der Waals surface area contributed by atoms with Crippen LogP contribution in [0.3, 0.4) is 0 Å². The fourth-order valence-electron chi connectivity index (χ4n) is 2.10. The van der Waals surface area contributed by atoms with E-state index in [0.29, 0.717) is 0 Å². The van der Waals surface area contributed by atoms with Gasteiger partial charge in [0.25, 0.3) is 0 Å². The van der Waals surface area contributed by atoms with Crippen LogP contribution in [0.25, 0.3) is 0 Å². The van der Waals surface area contributed by atoms with Crippen molar-refractivity contribution in [3.05, 3.63) is 78.4 Å². The van der Waals surface area contributed by atoms with Crippen molar-refractivity contribution in [2.45, 2.75) is 6.92 Å². The van der Waals surface area contributed by atoms with Gasteiger partial charge in [0.05, 0.1) is 7.11 Å². The minimum absolute atomic E-state index is 0.756. The van der Waals surface area contributed by atoms with Gasteiger partial charge in [-0.05, 0) is 67.6 Å². The molecule has 3 heteroatoms. The molecule has 23 heavy (non-hydrogen) atoms. The highest BCUT2D eigenvalue weighted by Crippen LogP contribution is 2.27. The van der Waals surface area contributed by atoms with Gasteiger partial charge < -0.3 is 14.2 Å². The van der Waals surface area contributed by atoms with E-state index in [1.165, 1.54) is 5.56 Å². The Morgan fingerprint density at radius 1 is 0.478 bits per heavy atom. The van der Waals surface area contributed by atoms with E-state index < -0.39 is 0 Å². The molecule has 0 saturated heterocycles. The van der Waals surface area contributed by atoms with Crippen LogP contribution >= 0.6 is 0 Å². The second-order valence-corrected chi connectivity index (χ2v) is 5.16. The molecule has 0 bridgehead atoms. The standard InChI is InChI=1S/C20H18O3/c1-15-3-5-17(6-4-15)22-19-11-13-20(14-12-19)23-18-9-7-16(21-2)8-10-18/h3-14H,1-2H3. The molecule has 0 unspecified atom stereocenters. The maximum absolute atomic E-state index is 5.80. The molecule has 3 aromatic carbocycles. The lowest BCUT2D eigenvalue weighted by atomic mass is 10.2. The Balaban J connectivity index is 1.65. The predicted octanol–water partition coefficient (Wildman–Crippen LogP) is 5.59. The highest BCUT2D eigenvalue weighted by Gasteiger charge is 2.01. The van der Waals surface area contributed by atoms with Gasteiger partial charge in [0.2, 0.25) is 0 Å². The first-order valence-electron chi connectivity index (χ1n) is 7.39. The highest BCUT2D eigenvalue weighted by atomic mass is 16.5. The second-order valence-electron chi connectivity index (χ2n) is 5.16. The van der Waals surface area contributed by atoms with Crippen LogP contribution in [0.2, 0.25) is 0 Å². The van der Waals surface area contributed by atoms with Crippen molar-refractivity contribution in [2.75, 3.05) is 7.11 Å². The summed E-state index contributed by atoms with van der Waals surface area (Å²) in [5.74, 6) is 3.92. The normalized spacial score (nSPS) is 10.2. The summed E-state index contributed by atoms with van der Waals surface area (Å²) in [7, 11) is 1.64. The Hall–Kier alpha value is -2.94. The minimum Gasteiger partial charge on any atom is -0.497 e. The average Bonchev–Trinajstić information content (AvgIpc) is 2.59. The van der Waals surface area contributed by atoms with E-state index in [4.69, 9.17) is 14.2 Å². The monoisotopic (exact) mass is 306 g/mol. The molecular formula is C20H18O3. The van der Waals surface area contributed by atoms with Crippen LogP contribution in [-0.2, 0) is 0 Å². The molecule has 3 nitrogen and oxygen atoms in total. The molecule has 0 fully saturated rings.